The van der Waals surface area contributed by atoms with Gasteiger partial charge in [-0.3, -0.25) is 4.98 Å². The van der Waals surface area contributed by atoms with E-state index >= 15 is 0 Å². The van der Waals surface area contributed by atoms with Crippen molar-refractivity contribution in [2.45, 2.75) is 25.3 Å². The van der Waals surface area contributed by atoms with Gasteiger partial charge in [0, 0.05) is 17.9 Å². The minimum Gasteiger partial charge on any atom is -0.324 e. The highest BCUT2D eigenvalue weighted by Crippen LogP contribution is 2.53. The van der Waals surface area contributed by atoms with E-state index < -0.39 is 0 Å². The summed E-state index contributed by atoms with van der Waals surface area (Å²) in [5, 5.41) is 0. The Morgan fingerprint density at radius 1 is 1.22 bits per heavy atom. The van der Waals surface area contributed by atoms with Gasteiger partial charge in [-0.1, -0.05) is 30.3 Å². The van der Waals surface area contributed by atoms with Crippen molar-refractivity contribution in [1.29, 1.82) is 0 Å². The molecule has 18 heavy (non-hydrogen) atoms. The fourth-order valence-electron chi connectivity index (χ4n) is 2.72. The second kappa shape index (κ2) is 4.54. The lowest BCUT2D eigenvalue weighted by Crippen LogP contribution is -2.13. The summed E-state index contributed by atoms with van der Waals surface area (Å²) >= 11 is 0. The van der Waals surface area contributed by atoms with Gasteiger partial charge in [-0.15, -0.1) is 0 Å². The summed E-state index contributed by atoms with van der Waals surface area (Å²) in [4.78, 5) is 4.22. The maximum Gasteiger partial charge on any atom is 0.0375 e. The van der Waals surface area contributed by atoms with Crippen molar-refractivity contribution in [1.82, 2.24) is 4.98 Å². The first-order valence-electron chi connectivity index (χ1n) is 6.49. The Hall–Kier alpha value is -1.67. The molecule has 3 atom stereocenters. The van der Waals surface area contributed by atoms with Gasteiger partial charge in [0.05, 0.1) is 0 Å². The zero-order valence-corrected chi connectivity index (χ0v) is 10.6. The molecule has 3 unspecified atom stereocenters. The van der Waals surface area contributed by atoms with Crippen molar-refractivity contribution in [3.05, 3.63) is 65.5 Å². The van der Waals surface area contributed by atoms with E-state index in [2.05, 4.69) is 41.4 Å². The maximum absolute atomic E-state index is 6.37. The monoisotopic (exact) mass is 238 g/mol. The molecule has 0 saturated heterocycles. The molecule has 1 aliphatic carbocycles. The van der Waals surface area contributed by atoms with Crippen LogP contribution in [0.1, 0.15) is 35.2 Å². The molecule has 0 amide bonds. The minimum atomic E-state index is 0.136. The van der Waals surface area contributed by atoms with Gasteiger partial charge in [0.25, 0.3) is 0 Å². The Morgan fingerprint density at radius 3 is 2.72 bits per heavy atom. The van der Waals surface area contributed by atoms with Gasteiger partial charge in [-0.05, 0) is 48.4 Å². The Labute approximate surface area is 108 Å². The molecule has 2 aromatic rings. The number of hydrogen-bond donors (Lipinski definition) is 1. The first-order valence-corrected chi connectivity index (χ1v) is 6.49. The molecular formula is C16H18N2. The van der Waals surface area contributed by atoms with Crippen molar-refractivity contribution in [3.63, 3.8) is 0 Å². The first kappa shape index (κ1) is 11.4. The molecular weight excluding hydrogens is 220 g/mol. The number of rotatable bonds is 3. The molecule has 3 rings (SSSR count). The summed E-state index contributed by atoms with van der Waals surface area (Å²) in [6.45, 7) is 2.01. The van der Waals surface area contributed by atoms with Crippen LogP contribution in [0.5, 0.6) is 0 Å². The van der Waals surface area contributed by atoms with Crippen LogP contribution in [0.15, 0.2) is 48.7 Å². The number of aryl methyl sites for hydroxylation is 1. The number of nitrogens with zero attached hydrogens (tertiary/aromatic N) is 1. The van der Waals surface area contributed by atoms with E-state index in [0.29, 0.717) is 11.8 Å². The third kappa shape index (κ3) is 2.16. The molecule has 0 aliphatic heterocycles. The predicted molar refractivity (Wildman–Crippen MR) is 73.2 cm³/mol. The molecule has 1 fully saturated rings. The van der Waals surface area contributed by atoms with Gasteiger partial charge in [0.1, 0.15) is 0 Å². The molecule has 0 bridgehead atoms. The lowest BCUT2D eigenvalue weighted by Gasteiger charge is -2.12. The topological polar surface area (TPSA) is 38.9 Å². The molecule has 1 aromatic carbocycles. The second-order valence-corrected chi connectivity index (χ2v) is 5.17. The molecule has 92 valence electrons. The van der Waals surface area contributed by atoms with Gasteiger partial charge < -0.3 is 5.73 Å². The Morgan fingerprint density at radius 2 is 2.00 bits per heavy atom. The van der Waals surface area contributed by atoms with Crippen LogP contribution in [0.3, 0.4) is 0 Å². The molecule has 0 spiro atoms. The van der Waals surface area contributed by atoms with Gasteiger partial charge >= 0.3 is 0 Å². The summed E-state index contributed by atoms with van der Waals surface area (Å²) in [6, 6.07) is 15.0. The van der Waals surface area contributed by atoms with Crippen molar-refractivity contribution < 1.29 is 0 Å². The van der Waals surface area contributed by atoms with Crippen LogP contribution in [0, 0.1) is 12.8 Å². The van der Waals surface area contributed by atoms with E-state index in [-0.39, 0.29) is 6.04 Å². The first-order chi connectivity index (χ1) is 8.75. The fourth-order valence-corrected chi connectivity index (χ4v) is 2.72. The predicted octanol–water partition coefficient (Wildman–Crippen LogP) is 3.19. The molecule has 2 N–H and O–H groups in total. The largest absolute Gasteiger partial charge is 0.324 e. The van der Waals surface area contributed by atoms with Gasteiger partial charge in [0.15, 0.2) is 0 Å². The Bertz CT molecular complexity index is 536. The van der Waals surface area contributed by atoms with Crippen molar-refractivity contribution in [2.75, 3.05) is 0 Å². The number of hydrogen-bond acceptors (Lipinski definition) is 2. The zero-order valence-electron chi connectivity index (χ0n) is 10.6. The van der Waals surface area contributed by atoms with E-state index in [1.165, 1.54) is 17.5 Å². The van der Waals surface area contributed by atoms with Crippen LogP contribution in [0.4, 0.5) is 0 Å². The number of aromatic nitrogens is 1. The highest BCUT2D eigenvalue weighted by Gasteiger charge is 2.42. The summed E-state index contributed by atoms with van der Waals surface area (Å²) in [7, 11) is 0. The highest BCUT2D eigenvalue weighted by atomic mass is 14.7. The normalized spacial score (nSPS) is 23.7. The smallest absolute Gasteiger partial charge is 0.0375 e. The van der Waals surface area contributed by atoms with Crippen LogP contribution < -0.4 is 5.73 Å². The number of benzene rings is 1. The fraction of sp³-hybridized carbons (Fsp3) is 0.312. The third-order valence-electron chi connectivity index (χ3n) is 3.83. The third-order valence-corrected chi connectivity index (χ3v) is 3.83. The quantitative estimate of drug-likeness (QED) is 0.891. The molecule has 1 aliphatic rings. The average molecular weight is 238 g/mol. The van der Waals surface area contributed by atoms with Gasteiger partial charge in [-0.2, -0.15) is 0 Å². The second-order valence-electron chi connectivity index (χ2n) is 5.17. The molecule has 2 nitrogen and oxygen atoms in total. The molecule has 1 heterocycles. The van der Waals surface area contributed by atoms with E-state index in [4.69, 9.17) is 5.73 Å². The number of pyridine rings is 1. The van der Waals surface area contributed by atoms with Crippen LogP contribution in [-0.2, 0) is 0 Å². The van der Waals surface area contributed by atoms with Crippen LogP contribution in [-0.4, -0.2) is 4.98 Å². The molecule has 0 radical (unpaired) electrons. The maximum atomic E-state index is 6.37. The van der Waals surface area contributed by atoms with Crippen molar-refractivity contribution in [2.24, 2.45) is 11.7 Å². The van der Waals surface area contributed by atoms with E-state index in [1.54, 1.807) is 0 Å². The zero-order chi connectivity index (χ0) is 12.5. The van der Waals surface area contributed by atoms with E-state index in [1.807, 2.05) is 19.2 Å². The van der Waals surface area contributed by atoms with Crippen LogP contribution >= 0.6 is 0 Å². The minimum absolute atomic E-state index is 0.136. The average Bonchev–Trinajstić information content (AvgIpc) is 3.19. The van der Waals surface area contributed by atoms with Crippen LogP contribution in [0.25, 0.3) is 0 Å². The Balaban J connectivity index is 1.75. The SMILES string of the molecule is Cc1cc(C(N)C2CC2c2ccccc2)ccn1. The highest BCUT2D eigenvalue weighted by molar-refractivity contribution is 5.30. The lowest BCUT2D eigenvalue weighted by atomic mass is 10.00. The summed E-state index contributed by atoms with van der Waals surface area (Å²) < 4.78 is 0. The van der Waals surface area contributed by atoms with E-state index in [9.17, 15) is 0 Å². The lowest BCUT2D eigenvalue weighted by molar-refractivity contribution is 0.614. The van der Waals surface area contributed by atoms with Crippen molar-refractivity contribution in [3.8, 4) is 0 Å². The summed E-state index contributed by atoms with van der Waals surface area (Å²) in [5.74, 6) is 1.21. The molecule has 1 aromatic heterocycles. The summed E-state index contributed by atoms with van der Waals surface area (Å²) in [5.41, 5.74) is 10.0. The van der Waals surface area contributed by atoms with Gasteiger partial charge in [-0.25, -0.2) is 0 Å². The van der Waals surface area contributed by atoms with E-state index in [0.717, 1.165) is 5.69 Å². The molecule has 1 saturated carbocycles. The summed E-state index contributed by atoms with van der Waals surface area (Å²) in [6.07, 6.45) is 3.05. The Kier molecular flexibility index (Phi) is 2.88. The standard InChI is InChI=1S/C16H18N2/c1-11-9-13(7-8-18-11)16(17)15-10-14(15)12-5-3-2-4-6-12/h2-9,14-16H,10,17H2,1H3. The molecule has 2 heteroatoms. The van der Waals surface area contributed by atoms with Gasteiger partial charge in [0.2, 0.25) is 0 Å². The van der Waals surface area contributed by atoms with Crippen LogP contribution in [0.2, 0.25) is 0 Å². The van der Waals surface area contributed by atoms with Crippen molar-refractivity contribution >= 4 is 0 Å². The number of nitrogens with two attached hydrogens (primary N) is 1.